The second-order valence-electron chi connectivity index (χ2n) is 8.99. The number of carboxylic acid groups (broad SMARTS) is 1. The molecule has 0 radical (unpaired) electrons. The fourth-order valence-corrected chi connectivity index (χ4v) is 4.19. The molecule has 2 aromatic carbocycles. The highest BCUT2D eigenvalue weighted by molar-refractivity contribution is 5.93. The lowest BCUT2D eigenvalue weighted by Gasteiger charge is -2.39. The molecule has 0 bridgehead atoms. The lowest BCUT2D eigenvalue weighted by Crippen LogP contribution is -2.62. The van der Waals surface area contributed by atoms with Crippen molar-refractivity contribution < 1.29 is 24.2 Å². The van der Waals surface area contributed by atoms with Crippen molar-refractivity contribution in [2.75, 3.05) is 13.2 Å². The van der Waals surface area contributed by atoms with Crippen molar-refractivity contribution in [2.45, 2.75) is 51.6 Å². The van der Waals surface area contributed by atoms with Crippen LogP contribution in [0.2, 0.25) is 0 Å². The topological polar surface area (TPSA) is 95.9 Å². The van der Waals surface area contributed by atoms with Gasteiger partial charge in [-0.1, -0.05) is 48.5 Å². The molecule has 0 atom stereocenters. The molecule has 2 N–H and O–H groups in total. The number of carbonyl (C=O) groups excluding carboxylic acids is 2. The van der Waals surface area contributed by atoms with Crippen LogP contribution in [0.1, 0.15) is 51.7 Å². The van der Waals surface area contributed by atoms with Gasteiger partial charge in [0, 0.05) is 12.5 Å². The van der Waals surface area contributed by atoms with Crippen molar-refractivity contribution in [3.63, 3.8) is 0 Å². The zero-order valence-corrected chi connectivity index (χ0v) is 19.1. The summed E-state index contributed by atoms with van der Waals surface area (Å²) in [4.78, 5) is 38.5. The van der Waals surface area contributed by atoms with Crippen LogP contribution in [-0.4, -0.2) is 52.2 Å². The number of benzene rings is 2. The van der Waals surface area contributed by atoms with E-state index in [1.807, 2.05) is 36.4 Å². The van der Waals surface area contributed by atoms with Gasteiger partial charge in [-0.2, -0.15) is 0 Å². The molecule has 0 aliphatic heterocycles. The van der Waals surface area contributed by atoms with Crippen LogP contribution >= 0.6 is 0 Å². The first-order chi connectivity index (χ1) is 15.0. The lowest BCUT2D eigenvalue weighted by atomic mass is 9.96. The smallest absolute Gasteiger partial charge is 0.408 e. The van der Waals surface area contributed by atoms with Crippen LogP contribution in [0.5, 0.6) is 0 Å². The third kappa shape index (κ3) is 4.20. The van der Waals surface area contributed by atoms with E-state index >= 15 is 0 Å². The van der Waals surface area contributed by atoms with Crippen LogP contribution in [0, 0.1) is 0 Å². The predicted molar refractivity (Wildman–Crippen MR) is 121 cm³/mol. The van der Waals surface area contributed by atoms with Gasteiger partial charge in [-0.3, -0.25) is 4.79 Å². The summed E-state index contributed by atoms with van der Waals surface area (Å²) in [5.41, 5.74) is 1.69. The lowest BCUT2D eigenvalue weighted by molar-refractivity contribution is -0.159. The van der Waals surface area contributed by atoms with Crippen LogP contribution in [0.15, 0.2) is 48.5 Å². The maximum absolute atomic E-state index is 13.1. The molecular formula is C25H30N2O5. The monoisotopic (exact) mass is 438 g/mol. The molecule has 7 nitrogen and oxygen atoms in total. The number of hydrogen-bond donors (Lipinski definition) is 2. The first-order valence-corrected chi connectivity index (χ1v) is 10.7. The molecule has 2 aromatic rings. The number of nitrogens with zero attached hydrogens (tertiary/aromatic N) is 1. The number of amides is 2. The molecule has 0 heterocycles. The molecule has 32 heavy (non-hydrogen) atoms. The molecule has 0 saturated heterocycles. The van der Waals surface area contributed by atoms with E-state index in [2.05, 4.69) is 17.4 Å². The summed E-state index contributed by atoms with van der Waals surface area (Å²) >= 11 is 0. The highest BCUT2D eigenvalue weighted by Crippen LogP contribution is 2.44. The van der Waals surface area contributed by atoms with Crippen LogP contribution < -0.4 is 5.32 Å². The molecule has 1 aliphatic rings. The number of nitrogens with one attached hydrogen (secondary N) is 1. The van der Waals surface area contributed by atoms with Gasteiger partial charge in [0.25, 0.3) is 0 Å². The van der Waals surface area contributed by atoms with Gasteiger partial charge in [0.15, 0.2) is 0 Å². The molecule has 170 valence electrons. The zero-order chi connectivity index (χ0) is 23.7. The van der Waals surface area contributed by atoms with Crippen molar-refractivity contribution in [1.82, 2.24) is 10.2 Å². The number of fused-ring (bicyclic) bond motifs is 3. The SMILES string of the molecule is CCN(C(=O)C(C)(C)NC(=O)OCC1c2ccccc2-c2ccccc21)C(C)(C)C(=O)O. The summed E-state index contributed by atoms with van der Waals surface area (Å²) in [5, 5.41) is 12.1. The number of alkyl carbamates (subject to hydrolysis) is 1. The van der Waals surface area contributed by atoms with Gasteiger partial charge >= 0.3 is 12.1 Å². The minimum atomic E-state index is -1.41. The molecule has 1 aliphatic carbocycles. The van der Waals surface area contributed by atoms with E-state index in [1.165, 1.54) is 32.6 Å². The van der Waals surface area contributed by atoms with Gasteiger partial charge in [0.05, 0.1) is 0 Å². The van der Waals surface area contributed by atoms with Gasteiger partial charge in [0.2, 0.25) is 5.91 Å². The molecular weight excluding hydrogens is 408 g/mol. The van der Waals surface area contributed by atoms with Crippen LogP contribution in [0.4, 0.5) is 4.79 Å². The third-order valence-corrected chi connectivity index (χ3v) is 6.05. The minimum absolute atomic E-state index is 0.0925. The van der Waals surface area contributed by atoms with Crippen LogP contribution in [0.25, 0.3) is 11.1 Å². The fourth-order valence-electron chi connectivity index (χ4n) is 4.19. The Morgan fingerprint density at radius 1 is 0.969 bits per heavy atom. The molecule has 2 amide bonds. The second-order valence-corrected chi connectivity index (χ2v) is 8.99. The predicted octanol–water partition coefficient (Wildman–Crippen LogP) is 4.02. The Hall–Kier alpha value is -3.35. The summed E-state index contributed by atoms with van der Waals surface area (Å²) in [6, 6.07) is 16.1. The Kier molecular flexibility index (Phi) is 6.30. The van der Waals surface area contributed by atoms with Gasteiger partial charge < -0.3 is 20.1 Å². The van der Waals surface area contributed by atoms with E-state index in [1.54, 1.807) is 6.92 Å². The van der Waals surface area contributed by atoms with E-state index < -0.39 is 29.0 Å². The summed E-state index contributed by atoms with van der Waals surface area (Å²) in [7, 11) is 0. The number of aliphatic carboxylic acids is 1. The molecule has 0 unspecified atom stereocenters. The highest BCUT2D eigenvalue weighted by atomic mass is 16.5. The Morgan fingerprint density at radius 2 is 1.47 bits per heavy atom. The molecule has 0 saturated carbocycles. The van der Waals surface area contributed by atoms with Crippen molar-refractivity contribution in [1.29, 1.82) is 0 Å². The number of carbonyl (C=O) groups is 3. The zero-order valence-electron chi connectivity index (χ0n) is 19.1. The van der Waals surface area contributed by atoms with Crippen molar-refractivity contribution in [3.05, 3.63) is 59.7 Å². The maximum Gasteiger partial charge on any atom is 0.408 e. The average Bonchev–Trinajstić information content (AvgIpc) is 3.06. The van der Waals surface area contributed by atoms with E-state index in [-0.39, 0.29) is 19.1 Å². The largest absolute Gasteiger partial charge is 0.480 e. The Labute approximate surface area is 188 Å². The quantitative estimate of drug-likeness (QED) is 0.681. The summed E-state index contributed by atoms with van der Waals surface area (Å²) < 4.78 is 5.54. The van der Waals surface area contributed by atoms with Gasteiger partial charge in [-0.05, 0) is 56.9 Å². The first-order valence-electron chi connectivity index (χ1n) is 10.7. The van der Waals surface area contributed by atoms with Gasteiger partial charge in [-0.15, -0.1) is 0 Å². The molecule has 0 fully saturated rings. The van der Waals surface area contributed by atoms with Crippen molar-refractivity contribution in [3.8, 4) is 11.1 Å². The van der Waals surface area contributed by atoms with E-state index in [0.29, 0.717) is 0 Å². The Bertz CT molecular complexity index is 999. The summed E-state index contributed by atoms with van der Waals surface area (Å²) in [5.74, 6) is -1.71. The highest BCUT2D eigenvalue weighted by Gasteiger charge is 2.43. The van der Waals surface area contributed by atoms with Crippen molar-refractivity contribution in [2.24, 2.45) is 0 Å². The van der Waals surface area contributed by atoms with Crippen molar-refractivity contribution >= 4 is 18.0 Å². The third-order valence-electron chi connectivity index (χ3n) is 6.05. The normalized spacial score (nSPS) is 13.2. The van der Waals surface area contributed by atoms with Gasteiger partial charge in [0.1, 0.15) is 17.7 Å². The van der Waals surface area contributed by atoms with Crippen LogP contribution in [-0.2, 0) is 14.3 Å². The number of carboxylic acids is 1. The number of hydrogen-bond acceptors (Lipinski definition) is 4. The van der Waals surface area contributed by atoms with E-state index in [0.717, 1.165) is 22.3 Å². The second kappa shape index (κ2) is 8.65. The fraction of sp³-hybridized carbons (Fsp3) is 0.400. The number of rotatable bonds is 7. The summed E-state index contributed by atoms with van der Waals surface area (Å²) in [6.45, 7) is 8.01. The number of likely N-dealkylation sites (N-methyl/N-ethyl adjacent to an activating group) is 1. The molecule has 7 heteroatoms. The Morgan fingerprint density at radius 3 is 1.94 bits per heavy atom. The standard InChI is InChI=1S/C25H30N2O5/c1-6-27(25(4,5)22(29)30)21(28)24(2,3)26-23(31)32-15-20-18-13-9-7-11-16(18)17-12-8-10-14-19(17)20/h7-14,20H,6,15H2,1-5H3,(H,26,31)(H,29,30). The minimum Gasteiger partial charge on any atom is -0.480 e. The Balaban J connectivity index is 1.71. The van der Waals surface area contributed by atoms with Gasteiger partial charge in [-0.25, -0.2) is 9.59 Å². The number of ether oxygens (including phenoxy) is 1. The van der Waals surface area contributed by atoms with Crippen LogP contribution in [0.3, 0.4) is 0 Å². The molecule has 0 spiro atoms. The maximum atomic E-state index is 13.1. The molecule has 3 rings (SSSR count). The van der Waals surface area contributed by atoms with E-state index in [9.17, 15) is 19.5 Å². The molecule has 0 aromatic heterocycles. The summed E-state index contributed by atoms with van der Waals surface area (Å²) in [6.07, 6.45) is -0.727. The average molecular weight is 439 g/mol. The van der Waals surface area contributed by atoms with E-state index in [4.69, 9.17) is 4.74 Å². The first kappa shape index (κ1) is 23.3.